The number of carbonyl (C=O) groups excluding carboxylic acids is 2. The lowest BCUT2D eigenvalue weighted by Crippen LogP contribution is -2.56. The average molecular weight is 429 g/mol. The Morgan fingerprint density at radius 2 is 1.79 bits per heavy atom. The highest BCUT2D eigenvalue weighted by Gasteiger charge is 2.36. The summed E-state index contributed by atoms with van der Waals surface area (Å²) in [6, 6.07) is -0.692. The number of likely N-dealkylation sites (tertiary alicyclic amines) is 1. The predicted molar refractivity (Wildman–Crippen MR) is 107 cm³/mol. The van der Waals surface area contributed by atoms with E-state index in [1.54, 1.807) is 9.80 Å². The predicted octanol–water partition coefficient (Wildman–Crippen LogP) is 1.65. The number of nitrogens with zero attached hydrogens (tertiary/aromatic N) is 4. The molecule has 1 atom stereocenters. The number of amides is 2. The lowest BCUT2D eigenvalue weighted by molar-refractivity contribution is -0.123. The van der Waals surface area contributed by atoms with Gasteiger partial charge in [0, 0.05) is 25.0 Å². The fourth-order valence-corrected chi connectivity index (χ4v) is 5.58. The van der Waals surface area contributed by atoms with Crippen LogP contribution >= 0.6 is 11.3 Å². The highest BCUT2D eigenvalue weighted by Crippen LogP contribution is 2.27. The van der Waals surface area contributed by atoms with E-state index in [9.17, 15) is 18.0 Å². The maximum atomic E-state index is 13.0. The summed E-state index contributed by atoms with van der Waals surface area (Å²) in [5.41, 5.74) is -0.111. The zero-order chi connectivity index (χ0) is 20.5. The molecular formula is C18H28N4O4S2. The van der Waals surface area contributed by atoms with Crippen molar-refractivity contribution in [3.05, 3.63) is 10.0 Å². The van der Waals surface area contributed by atoms with Crippen LogP contribution in [0.1, 0.15) is 50.0 Å². The Hall–Kier alpha value is -1.55. The van der Waals surface area contributed by atoms with E-state index in [1.807, 2.05) is 0 Å². The number of aromatic nitrogens is 2. The van der Waals surface area contributed by atoms with Crippen molar-refractivity contribution in [1.82, 2.24) is 20.0 Å². The number of hydrogen-bond acceptors (Lipinski definition) is 7. The van der Waals surface area contributed by atoms with Gasteiger partial charge in [-0.25, -0.2) is 13.2 Å². The van der Waals surface area contributed by atoms with Crippen LogP contribution in [0.4, 0.5) is 4.79 Å². The molecule has 0 N–H and O–H groups in total. The summed E-state index contributed by atoms with van der Waals surface area (Å²) in [5.74, 6) is -0.0359. The summed E-state index contributed by atoms with van der Waals surface area (Å²) in [7, 11) is -3.05. The third-order valence-corrected chi connectivity index (χ3v) is 8.13. The molecule has 0 aromatic carbocycles. The number of Topliss-reactive ketones (excluding diaryl/α,β-unsaturated/α-hetero) is 1. The van der Waals surface area contributed by atoms with E-state index in [1.165, 1.54) is 11.3 Å². The molecule has 8 nitrogen and oxygen atoms in total. The molecule has 28 heavy (non-hydrogen) atoms. The Kier molecular flexibility index (Phi) is 6.09. The van der Waals surface area contributed by atoms with E-state index >= 15 is 0 Å². The van der Waals surface area contributed by atoms with Crippen LogP contribution in [0.3, 0.4) is 0 Å². The van der Waals surface area contributed by atoms with Gasteiger partial charge in [0.05, 0.1) is 24.0 Å². The molecular weight excluding hydrogens is 400 g/mol. The fourth-order valence-electron chi connectivity index (χ4n) is 3.48. The minimum absolute atomic E-state index is 0.00838. The molecule has 3 heterocycles. The molecule has 10 heteroatoms. The first kappa shape index (κ1) is 21.2. The van der Waals surface area contributed by atoms with Crippen molar-refractivity contribution in [2.45, 2.75) is 57.9 Å². The molecule has 0 saturated carbocycles. The zero-order valence-corrected chi connectivity index (χ0v) is 18.3. The van der Waals surface area contributed by atoms with Gasteiger partial charge in [-0.05, 0) is 19.3 Å². The van der Waals surface area contributed by atoms with Crippen molar-refractivity contribution in [3.63, 3.8) is 0 Å². The average Bonchev–Trinajstić information content (AvgIpc) is 3.10. The quantitative estimate of drug-likeness (QED) is 0.726. The van der Waals surface area contributed by atoms with Crippen molar-refractivity contribution < 1.29 is 18.0 Å². The maximum Gasteiger partial charge on any atom is 0.320 e. The number of urea groups is 1. The zero-order valence-electron chi connectivity index (χ0n) is 16.7. The standard InChI is InChI=1S/C18H28N4O4S2/c1-18(2,3)16-20-19-15(27-16)12-14(23)13-6-4-5-7-22(13)17(24)21-8-10-28(25,26)11-9-21/h13H,4-12H2,1-3H3/t13-/m0/s1. The van der Waals surface area contributed by atoms with Gasteiger partial charge >= 0.3 is 6.03 Å². The molecule has 2 aliphatic rings. The first-order chi connectivity index (χ1) is 13.1. The van der Waals surface area contributed by atoms with Crippen LogP contribution in [-0.4, -0.2) is 77.4 Å². The minimum Gasteiger partial charge on any atom is -0.323 e. The lowest BCUT2D eigenvalue weighted by atomic mass is 9.97. The second-order valence-electron chi connectivity index (χ2n) is 8.52. The number of sulfone groups is 1. The summed E-state index contributed by atoms with van der Waals surface area (Å²) in [4.78, 5) is 29.1. The number of carbonyl (C=O) groups is 2. The van der Waals surface area contributed by atoms with E-state index in [-0.39, 0.29) is 48.2 Å². The second kappa shape index (κ2) is 8.06. The molecule has 3 rings (SSSR count). The molecule has 0 unspecified atom stereocenters. The third kappa shape index (κ3) is 4.89. The Morgan fingerprint density at radius 3 is 2.39 bits per heavy atom. The van der Waals surface area contributed by atoms with Gasteiger partial charge in [-0.1, -0.05) is 20.8 Å². The largest absolute Gasteiger partial charge is 0.323 e. The number of rotatable bonds is 3. The monoisotopic (exact) mass is 428 g/mol. The highest BCUT2D eigenvalue weighted by atomic mass is 32.2. The van der Waals surface area contributed by atoms with Gasteiger partial charge in [0.15, 0.2) is 15.6 Å². The van der Waals surface area contributed by atoms with E-state index in [0.717, 1.165) is 17.8 Å². The van der Waals surface area contributed by atoms with Gasteiger partial charge < -0.3 is 9.80 Å². The van der Waals surface area contributed by atoms with Gasteiger partial charge in [-0.15, -0.1) is 21.5 Å². The van der Waals surface area contributed by atoms with E-state index in [2.05, 4.69) is 31.0 Å². The van der Waals surface area contributed by atoms with Crippen LogP contribution in [0, 0.1) is 0 Å². The molecule has 1 aromatic heterocycles. The number of ketones is 1. The smallest absolute Gasteiger partial charge is 0.320 e. The van der Waals surface area contributed by atoms with Crippen LogP contribution in [-0.2, 0) is 26.5 Å². The fraction of sp³-hybridized carbons (Fsp3) is 0.778. The third-order valence-electron chi connectivity index (χ3n) is 5.17. The molecule has 0 spiro atoms. The van der Waals surface area contributed by atoms with Crippen molar-refractivity contribution in [3.8, 4) is 0 Å². The maximum absolute atomic E-state index is 13.0. The lowest BCUT2D eigenvalue weighted by Gasteiger charge is -2.39. The highest BCUT2D eigenvalue weighted by molar-refractivity contribution is 7.91. The number of hydrogen-bond donors (Lipinski definition) is 0. The van der Waals surface area contributed by atoms with Crippen LogP contribution in [0.25, 0.3) is 0 Å². The molecule has 2 aliphatic heterocycles. The molecule has 2 amide bonds. The van der Waals surface area contributed by atoms with Crippen molar-refractivity contribution in [2.24, 2.45) is 0 Å². The van der Waals surface area contributed by atoms with Gasteiger partial charge in [0.2, 0.25) is 0 Å². The van der Waals surface area contributed by atoms with E-state index in [0.29, 0.717) is 18.0 Å². The first-order valence-electron chi connectivity index (χ1n) is 9.68. The van der Waals surface area contributed by atoms with Crippen molar-refractivity contribution in [1.29, 1.82) is 0 Å². The minimum atomic E-state index is -3.05. The molecule has 1 aromatic rings. The summed E-state index contributed by atoms with van der Waals surface area (Å²) in [5, 5.41) is 9.93. The Bertz CT molecular complexity index is 830. The summed E-state index contributed by atoms with van der Waals surface area (Å²) >= 11 is 1.45. The van der Waals surface area contributed by atoms with E-state index in [4.69, 9.17) is 0 Å². The van der Waals surface area contributed by atoms with Crippen LogP contribution in [0.5, 0.6) is 0 Å². The Labute approximate surface area is 170 Å². The van der Waals surface area contributed by atoms with Gasteiger partial charge in [0.25, 0.3) is 0 Å². The SMILES string of the molecule is CC(C)(C)c1nnc(CC(=O)[C@@H]2CCCCN2C(=O)N2CCS(=O)(=O)CC2)s1. The van der Waals surface area contributed by atoms with Gasteiger partial charge in [-0.2, -0.15) is 0 Å². The summed E-state index contributed by atoms with van der Waals surface area (Å²) in [6.45, 7) is 7.09. The van der Waals surface area contributed by atoms with Crippen LogP contribution < -0.4 is 0 Å². The molecule has 0 bridgehead atoms. The van der Waals surface area contributed by atoms with Crippen molar-refractivity contribution >= 4 is 33.0 Å². The summed E-state index contributed by atoms with van der Waals surface area (Å²) in [6.07, 6.45) is 2.57. The van der Waals surface area contributed by atoms with E-state index < -0.39 is 15.9 Å². The summed E-state index contributed by atoms with van der Waals surface area (Å²) < 4.78 is 23.3. The first-order valence-corrected chi connectivity index (χ1v) is 12.3. The molecule has 0 aliphatic carbocycles. The normalized spacial score (nSPS) is 22.9. The van der Waals surface area contributed by atoms with Crippen LogP contribution in [0.15, 0.2) is 0 Å². The molecule has 2 saturated heterocycles. The number of piperidine rings is 1. The Balaban J connectivity index is 1.68. The van der Waals surface area contributed by atoms with Gasteiger partial charge in [0.1, 0.15) is 10.0 Å². The molecule has 0 radical (unpaired) electrons. The molecule has 156 valence electrons. The topological polar surface area (TPSA) is 101 Å². The van der Waals surface area contributed by atoms with Gasteiger partial charge in [-0.3, -0.25) is 4.79 Å². The van der Waals surface area contributed by atoms with Crippen LogP contribution in [0.2, 0.25) is 0 Å². The second-order valence-corrected chi connectivity index (χ2v) is 11.9. The Morgan fingerprint density at radius 1 is 1.11 bits per heavy atom. The van der Waals surface area contributed by atoms with Crippen molar-refractivity contribution in [2.75, 3.05) is 31.1 Å². The molecule has 2 fully saturated rings.